The highest BCUT2D eigenvalue weighted by atomic mass is 16.6. The lowest BCUT2D eigenvalue weighted by atomic mass is 10.4. The average Bonchev–Trinajstić information content (AvgIpc) is 2.63. The van der Waals surface area contributed by atoms with E-state index in [1.54, 1.807) is 21.3 Å². The van der Waals surface area contributed by atoms with Crippen LogP contribution in [0.4, 0.5) is 0 Å². The SMILES string of the molecule is COCCOCCOCCOCCC(=O)[O-].COCC[N+](C)(C)CCOC. The molecule has 0 bridgehead atoms. The molecule has 0 saturated carbocycles. The summed E-state index contributed by atoms with van der Waals surface area (Å²) in [5.74, 6) is -1.10. The van der Waals surface area contributed by atoms with Gasteiger partial charge in [0.05, 0.1) is 73.6 Å². The van der Waals surface area contributed by atoms with E-state index in [1.165, 1.54) is 0 Å². The second kappa shape index (κ2) is 21.5. The fraction of sp³-hybridized carbons (Fsp3) is 0.944. The summed E-state index contributed by atoms with van der Waals surface area (Å²) in [7, 11) is 9.44. The molecule has 0 heterocycles. The van der Waals surface area contributed by atoms with Crippen LogP contribution in [0.2, 0.25) is 0 Å². The van der Waals surface area contributed by atoms with Crippen molar-refractivity contribution in [1.29, 1.82) is 0 Å². The van der Waals surface area contributed by atoms with Crippen LogP contribution >= 0.6 is 0 Å². The Labute approximate surface area is 164 Å². The van der Waals surface area contributed by atoms with Gasteiger partial charge in [-0.1, -0.05) is 0 Å². The largest absolute Gasteiger partial charge is 0.550 e. The predicted octanol–water partition coefficient (Wildman–Crippen LogP) is -0.822. The van der Waals surface area contributed by atoms with E-state index in [2.05, 4.69) is 14.1 Å². The van der Waals surface area contributed by atoms with Gasteiger partial charge in [0.15, 0.2) is 0 Å². The molecule has 0 amide bonds. The Hall–Kier alpha value is -0.810. The van der Waals surface area contributed by atoms with Crippen LogP contribution in [0.5, 0.6) is 0 Å². The van der Waals surface area contributed by atoms with E-state index in [0.29, 0.717) is 39.6 Å². The molecule has 0 aliphatic carbocycles. The molecule has 0 unspecified atom stereocenters. The number of rotatable bonds is 18. The topological polar surface area (TPSA) is 95.5 Å². The van der Waals surface area contributed by atoms with Crippen molar-refractivity contribution in [2.24, 2.45) is 0 Å². The van der Waals surface area contributed by atoms with Crippen molar-refractivity contribution >= 4 is 5.97 Å². The summed E-state index contributed by atoms with van der Waals surface area (Å²) in [5.41, 5.74) is 0. The second-order valence-corrected chi connectivity index (χ2v) is 6.32. The zero-order chi connectivity index (χ0) is 20.8. The summed E-state index contributed by atoms with van der Waals surface area (Å²) in [5, 5.41) is 10.0. The number of hydrogen-bond donors (Lipinski definition) is 0. The van der Waals surface area contributed by atoms with Gasteiger partial charge in [0, 0.05) is 33.7 Å². The maximum Gasteiger partial charge on any atom is 0.102 e. The van der Waals surface area contributed by atoms with Crippen LogP contribution in [0, 0.1) is 0 Å². The molecular weight excluding hydrogens is 358 g/mol. The van der Waals surface area contributed by atoms with E-state index in [-0.39, 0.29) is 13.0 Å². The second-order valence-electron chi connectivity index (χ2n) is 6.32. The molecule has 0 atom stereocenters. The highest BCUT2D eigenvalue weighted by molar-refractivity contribution is 5.64. The third-order valence-electron chi connectivity index (χ3n) is 3.43. The molecule has 0 radical (unpaired) electrons. The lowest BCUT2D eigenvalue weighted by Gasteiger charge is -2.28. The van der Waals surface area contributed by atoms with E-state index >= 15 is 0 Å². The van der Waals surface area contributed by atoms with Gasteiger partial charge in [-0.3, -0.25) is 0 Å². The van der Waals surface area contributed by atoms with Crippen LogP contribution in [0.15, 0.2) is 0 Å². The third kappa shape index (κ3) is 27.5. The van der Waals surface area contributed by atoms with Gasteiger partial charge in [-0.15, -0.1) is 0 Å². The smallest absolute Gasteiger partial charge is 0.102 e. The Kier molecular flexibility index (Phi) is 22.6. The minimum Gasteiger partial charge on any atom is -0.550 e. The van der Waals surface area contributed by atoms with Gasteiger partial charge < -0.3 is 42.8 Å². The summed E-state index contributed by atoms with van der Waals surface area (Å²) in [6, 6.07) is 0. The zero-order valence-corrected chi connectivity index (χ0v) is 17.7. The number of quaternary nitrogens is 1. The number of hydrogen-bond acceptors (Lipinski definition) is 8. The first-order chi connectivity index (χ1) is 12.9. The van der Waals surface area contributed by atoms with Gasteiger partial charge in [-0.2, -0.15) is 0 Å². The minimum absolute atomic E-state index is 0.0832. The third-order valence-corrected chi connectivity index (χ3v) is 3.43. The molecule has 164 valence electrons. The van der Waals surface area contributed by atoms with Crippen LogP contribution in [0.25, 0.3) is 0 Å². The maximum atomic E-state index is 10.0. The highest BCUT2D eigenvalue weighted by Crippen LogP contribution is 1.95. The quantitative estimate of drug-likeness (QED) is 0.219. The summed E-state index contributed by atoms with van der Waals surface area (Å²) >= 11 is 0. The lowest BCUT2D eigenvalue weighted by molar-refractivity contribution is -0.891. The van der Waals surface area contributed by atoms with Crippen molar-refractivity contribution in [3.8, 4) is 0 Å². The highest BCUT2D eigenvalue weighted by Gasteiger charge is 2.12. The van der Waals surface area contributed by atoms with Gasteiger partial charge >= 0.3 is 0 Å². The fourth-order valence-corrected chi connectivity index (χ4v) is 1.63. The van der Waals surface area contributed by atoms with Gasteiger partial charge in [0.25, 0.3) is 0 Å². The molecule has 0 aromatic carbocycles. The van der Waals surface area contributed by atoms with Crippen molar-refractivity contribution in [1.82, 2.24) is 0 Å². The molecule has 27 heavy (non-hydrogen) atoms. The zero-order valence-electron chi connectivity index (χ0n) is 17.7. The van der Waals surface area contributed by atoms with E-state index < -0.39 is 5.97 Å². The lowest BCUT2D eigenvalue weighted by Crippen LogP contribution is -2.44. The summed E-state index contributed by atoms with van der Waals surface area (Å²) < 4.78 is 31.1. The summed E-state index contributed by atoms with van der Waals surface area (Å²) in [6.07, 6.45) is -0.0832. The van der Waals surface area contributed by atoms with Crippen molar-refractivity contribution in [3.63, 3.8) is 0 Å². The van der Waals surface area contributed by atoms with Crippen molar-refractivity contribution in [3.05, 3.63) is 0 Å². The molecule has 0 rings (SSSR count). The molecule has 0 N–H and O–H groups in total. The molecule has 0 aromatic heterocycles. The first-order valence-corrected chi connectivity index (χ1v) is 9.11. The first kappa shape index (κ1) is 28.4. The first-order valence-electron chi connectivity index (χ1n) is 9.11. The molecule has 0 saturated heterocycles. The summed E-state index contributed by atoms with van der Waals surface area (Å²) in [6.45, 7) is 6.83. The van der Waals surface area contributed by atoms with E-state index in [1.807, 2.05) is 0 Å². The molecule has 9 heteroatoms. The molecule has 0 fully saturated rings. The van der Waals surface area contributed by atoms with E-state index in [0.717, 1.165) is 30.8 Å². The molecule has 0 spiro atoms. The van der Waals surface area contributed by atoms with E-state index in [4.69, 9.17) is 28.4 Å². The predicted molar refractivity (Wildman–Crippen MR) is 99.6 cm³/mol. The molecular formula is C18H39NO8. The van der Waals surface area contributed by atoms with Crippen molar-refractivity contribution in [2.75, 3.05) is 108 Å². The number of likely N-dealkylation sites (N-methyl/N-ethyl adjacent to an activating group) is 1. The van der Waals surface area contributed by atoms with Crippen LogP contribution < -0.4 is 5.11 Å². The minimum atomic E-state index is -1.10. The Morgan fingerprint density at radius 2 is 1.04 bits per heavy atom. The molecule has 0 aliphatic heterocycles. The Morgan fingerprint density at radius 3 is 1.41 bits per heavy atom. The van der Waals surface area contributed by atoms with Crippen molar-refractivity contribution < 1.29 is 42.8 Å². The number of carbonyl (C=O) groups excluding carboxylic acids is 1. The Bertz CT molecular complexity index is 306. The van der Waals surface area contributed by atoms with Crippen LogP contribution in [-0.2, 0) is 33.2 Å². The molecule has 0 aliphatic rings. The van der Waals surface area contributed by atoms with Crippen molar-refractivity contribution in [2.45, 2.75) is 6.42 Å². The number of nitrogens with zero attached hydrogens (tertiary/aromatic N) is 1. The van der Waals surface area contributed by atoms with Crippen LogP contribution in [0.3, 0.4) is 0 Å². The fourth-order valence-electron chi connectivity index (χ4n) is 1.63. The van der Waals surface area contributed by atoms with Gasteiger partial charge in [0.1, 0.15) is 13.1 Å². The number of aliphatic carboxylic acids is 1. The number of ether oxygens (including phenoxy) is 6. The standard InChI is InChI=1S/C10H20O6.C8H20NO2/c1-13-4-5-15-8-9-16-7-6-14-3-2-10(11)12;1-9(2,5-7-10-3)6-8-11-4/h2-9H2,1H3,(H,11,12);5-8H2,1-4H3/q;+1/p-1. The van der Waals surface area contributed by atoms with Crippen LogP contribution in [-0.4, -0.2) is 118 Å². The van der Waals surface area contributed by atoms with Gasteiger partial charge in [0.2, 0.25) is 0 Å². The van der Waals surface area contributed by atoms with Crippen LogP contribution in [0.1, 0.15) is 6.42 Å². The summed E-state index contributed by atoms with van der Waals surface area (Å²) in [4.78, 5) is 10.0. The molecule has 9 nitrogen and oxygen atoms in total. The maximum absolute atomic E-state index is 10.0. The Balaban J connectivity index is 0. The Morgan fingerprint density at radius 1 is 0.667 bits per heavy atom. The number of carboxylic acid groups (broad SMARTS) is 1. The normalized spacial score (nSPS) is 11.1. The van der Waals surface area contributed by atoms with Gasteiger partial charge in [-0.05, 0) is 0 Å². The molecule has 0 aromatic rings. The van der Waals surface area contributed by atoms with E-state index in [9.17, 15) is 9.90 Å². The monoisotopic (exact) mass is 397 g/mol. The number of methoxy groups -OCH3 is 3. The van der Waals surface area contributed by atoms with Gasteiger partial charge in [-0.25, -0.2) is 0 Å². The number of carbonyl (C=O) groups is 1. The average molecular weight is 398 g/mol. The number of carboxylic acids is 1.